The summed E-state index contributed by atoms with van der Waals surface area (Å²) in [6.45, 7) is 5.90. The molecule has 18 heavy (non-hydrogen) atoms. The van der Waals surface area contributed by atoms with Gasteiger partial charge in [0.15, 0.2) is 0 Å². The zero-order chi connectivity index (χ0) is 13.0. The van der Waals surface area contributed by atoms with E-state index in [0.717, 1.165) is 25.9 Å². The van der Waals surface area contributed by atoms with Crippen molar-refractivity contribution >= 4 is 5.91 Å². The van der Waals surface area contributed by atoms with E-state index in [2.05, 4.69) is 36.6 Å². The fourth-order valence-electron chi connectivity index (χ4n) is 2.25. The quantitative estimate of drug-likeness (QED) is 0.851. The lowest BCUT2D eigenvalue weighted by molar-refractivity contribution is -0.123. The van der Waals surface area contributed by atoms with Gasteiger partial charge >= 0.3 is 0 Å². The van der Waals surface area contributed by atoms with E-state index in [-0.39, 0.29) is 11.9 Å². The van der Waals surface area contributed by atoms with E-state index in [0.29, 0.717) is 5.92 Å². The first-order valence-electron chi connectivity index (χ1n) is 6.74. The largest absolute Gasteiger partial charge is 0.355 e. The molecule has 3 heteroatoms. The van der Waals surface area contributed by atoms with E-state index in [9.17, 15) is 4.79 Å². The van der Waals surface area contributed by atoms with Crippen LogP contribution in [0.3, 0.4) is 0 Å². The Balaban J connectivity index is 1.87. The second-order valence-electron chi connectivity index (χ2n) is 5.38. The third-order valence-corrected chi connectivity index (χ3v) is 3.42. The van der Waals surface area contributed by atoms with Crippen LogP contribution in [0.1, 0.15) is 31.4 Å². The van der Waals surface area contributed by atoms with Crippen LogP contribution < -0.4 is 10.6 Å². The molecule has 3 nitrogen and oxygen atoms in total. The van der Waals surface area contributed by atoms with Crippen LogP contribution in [0.25, 0.3) is 0 Å². The SMILES string of the molecule is CC(C)CCNC(=O)C1Cc2ccccc2CN1. The van der Waals surface area contributed by atoms with Crippen molar-refractivity contribution in [1.29, 1.82) is 0 Å². The van der Waals surface area contributed by atoms with Crippen LogP contribution in [0.15, 0.2) is 24.3 Å². The second-order valence-corrected chi connectivity index (χ2v) is 5.38. The van der Waals surface area contributed by atoms with Crippen molar-refractivity contribution in [3.05, 3.63) is 35.4 Å². The Kier molecular flexibility index (Phi) is 4.37. The molecule has 1 heterocycles. The number of hydrogen-bond acceptors (Lipinski definition) is 2. The van der Waals surface area contributed by atoms with Gasteiger partial charge in [-0.25, -0.2) is 0 Å². The van der Waals surface area contributed by atoms with Gasteiger partial charge in [0.1, 0.15) is 0 Å². The predicted octanol–water partition coefficient (Wildman–Crippen LogP) is 1.86. The van der Waals surface area contributed by atoms with Crippen molar-refractivity contribution in [1.82, 2.24) is 10.6 Å². The van der Waals surface area contributed by atoms with Crippen molar-refractivity contribution in [2.75, 3.05) is 6.54 Å². The molecule has 1 aromatic carbocycles. The van der Waals surface area contributed by atoms with Crippen LogP contribution in [0.2, 0.25) is 0 Å². The van der Waals surface area contributed by atoms with Crippen LogP contribution in [0.4, 0.5) is 0 Å². The standard InChI is InChI=1S/C15H22N2O/c1-11(2)7-8-16-15(18)14-9-12-5-3-4-6-13(12)10-17-14/h3-6,11,14,17H,7-10H2,1-2H3,(H,16,18). The summed E-state index contributed by atoms with van der Waals surface area (Å²) in [7, 11) is 0. The van der Waals surface area contributed by atoms with Gasteiger partial charge in [-0.1, -0.05) is 38.1 Å². The Hall–Kier alpha value is -1.35. The number of hydrogen-bond donors (Lipinski definition) is 2. The first kappa shape index (κ1) is 13.1. The van der Waals surface area contributed by atoms with Gasteiger partial charge in [0, 0.05) is 13.1 Å². The van der Waals surface area contributed by atoms with E-state index in [4.69, 9.17) is 0 Å². The zero-order valence-electron chi connectivity index (χ0n) is 11.2. The van der Waals surface area contributed by atoms with Crippen molar-refractivity contribution in [2.45, 2.75) is 39.3 Å². The molecule has 98 valence electrons. The Morgan fingerprint density at radius 1 is 1.39 bits per heavy atom. The van der Waals surface area contributed by atoms with Gasteiger partial charge in [-0.2, -0.15) is 0 Å². The van der Waals surface area contributed by atoms with E-state index in [1.165, 1.54) is 11.1 Å². The minimum absolute atomic E-state index is 0.0768. The third-order valence-electron chi connectivity index (χ3n) is 3.42. The molecule has 0 spiro atoms. The minimum Gasteiger partial charge on any atom is -0.355 e. The average Bonchev–Trinajstić information content (AvgIpc) is 2.37. The maximum atomic E-state index is 12.0. The van der Waals surface area contributed by atoms with Gasteiger partial charge < -0.3 is 10.6 Å². The smallest absolute Gasteiger partial charge is 0.237 e. The van der Waals surface area contributed by atoms with Gasteiger partial charge in [-0.05, 0) is 29.9 Å². The summed E-state index contributed by atoms with van der Waals surface area (Å²) in [4.78, 5) is 12.0. The van der Waals surface area contributed by atoms with Gasteiger partial charge in [0.2, 0.25) is 5.91 Å². The monoisotopic (exact) mass is 246 g/mol. The molecule has 0 bridgehead atoms. The minimum atomic E-state index is -0.0768. The molecule has 0 saturated heterocycles. The van der Waals surface area contributed by atoms with E-state index in [1.807, 2.05) is 12.1 Å². The van der Waals surface area contributed by atoms with Crippen LogP contribution in [0.5, 0.6) is 0 Å². The summed E-state index contributed by atoms with van der Waals surface area (Å²) in [6, 6.07) is 8.24. The van der Waals surface area contributed by atoms with Gasteiger partial charge in [0.25, 0.3) is 0 Å². The van der Waals surface area contributed by atoms with Crippen LogP contribution >= 0.6 is 0 Å². The molecule has 2 N–H and O–H groups in total. The summed E-state index contributed by atoms with van der Waals surface area (Å²) in [5.41, 5.74) is 2.60. The van der Waals surface area contributed by atoms with Crippen LogP contribution in [-0.4, -0.2) is 18.5 Å². The molecule has 0 saturated carbocycles. The second kappa shape index (κ2) is 6.01. The molecule has 0 fully saturated rings. The highest BCUT2D eigenvalue weighted by Gasteiger charge is 2.23. The molecule has 1 unspecified atom stereocenters. The van der Waals surface area contributed by atoms with Crippen molar-refractivity contribution in [3.8, 4) is 0 Å². The maximum absolute atomic E-state index is 12.0. The van der Waals surface area contributed by atoms with Crippen molar-refractivity contribution in [2.24, 2.45) is 5.92 Å². The number of nitrogens with one attached hydrogen (secondary N) is 2. The number of amides is 1. The highest BCUT2D eigenvalue weighted by atomic mass is 16.2. The summed E-state index contributed by atoms with van der Waals surface area (Å²) in [5.74, 6) is 0.760. The molecule has 0 radical (unpaired) electrons. The lowest BCUT2D eigenvalue weighted by Crippen LogP contribution is -2.47. The summed E-state index contributed by atoms with van der Waals surface area (Å²) in [6.07, 6.45) is 1.83. The Labute approximate surface area is 109 Å². The Morgan fingerprint density at radius 2 is 2.11 bits per heavy atom. The molecule has 1 aromatic rings. The van der Waals surface area contributed by atoms with E-state index < -0.39 is 0 Å². The molecule has 1 atom stereocenters. The molecule has 0 aromatic heterocycles. The number of carbonyl (C=O) groups is 1. The Bertz CT molecular complexity index is 415. The lowest BCUT2D eigenvalue weighted by Gasteiger charge is -2.25. The number of rotatable bonds is 4. The highest BCUT2D eigenvalue weighted by Crippen LogP contribution is 2.16. The molecule has 1 aliphatic rings. The molecule has 1 aliphatic heterocycles. The van der Waals surface area contributed by atoms with Crippen molar-refractivity contribution in [3.63, 3.8) is 0 Å². The Morgan fingerprint density at radius 3 is 2.83 bits per heavy atom. The van der Waals surface area contributed by atoms with Gasteiger partial charge in [-0.3, -0.25) is 4.79 Å². The maximum Gasteiger partial charge on any atom is 0.237 e. The summed E-state index contributed by atoms with van der Waals surface area (Å²) < 4.78 is 0. The number of carbonyl (C=O) groups excluding carboxylic acids is 1. The predicted molar refractivity (Wildman–Crippen MR) is 73.2 cm³/mol. The zero-order valence-corrected chi connectivity index (χ0v) is 11.2. The van der Waals surface area contributed by atoms with Crippen LogP contribution in [-0.2, 0) is 17.8 Å². The van der Waals surface area contributed by atoms with E-state index in [1.54, 1.807) is 0 Å². The van der Waals surface area contributed by atoms with E-state index >= 15 is 0 Å². The third kappa shape index (κ3) is 3.33. The van der Waals surface area contributed by atoms with Gasteiger partial charge in [0.05, 0.1) is 6.04 Å². The first-order chi connectivity index (χ1) is 8.66. The molecule has 1 amide bonds. The fourth-order valence-corrected chi connectivity index (χ4v) is 2.25. The molecular formula is C15H22N2O. The molecule has 2 rings (SSSR count). The van der Waals surface area contributed by atoms with Crippen molar-refractivity contribution < 1.29 is 4.79 Å². The number of fused-ring (bicyclic) bond motifs is 1. The fraction of sp³-hybridized carbons (Fsp3) is 0.533. The molecular weight excluding hydrogens is 224 g/mol. The molecule has 0 aliphatic carbocycles. The average molecular weight is 246 g/mol. The summed E-state index contributed by atoms with van der Waals surface area (Å²) in [5, 5.41) is 6.31. The normalized spacial score (nSPS) is 18.5. The topological polar surface area (TPSA) is 41.1 Å². The highest BCUT2D eigenvalue weighted by molar-refractivity contribution is 5.82. The first-order valence-corrected chi connectivity index (χ1v) is 6.74. The lowest BCUT2D eigenvalue weighted by atomic mass is 9.95. The van der Waals surface area contributed by atoms with Crippen LogP contribution in [0, 0.1) is 5.92 Å². The summed E-state index contributed by atoms with van der Waals surface area (Å²) >= 11 is 0. The van der Waals surface area contributed by atoms with Gasteiger partial charge in [-0.15, -0.1) is 0 Å². The number of benzene rings is 1.